The predicted octanol–water partition coefficient (Wildman–Crippen LogP) is 15.4. The van der Waals surface area contributed by atoms with Gasteiger partial charge in [0.1, 0.15) is 6.10 Å². The van der Waals surface area contributed by atoms with Gasteiger partial charge in [0, 0.05) is 6.42 Å². The van der Waals surface area contributed by atoms with Crippen molar-refractivity contribution in [3.63, 3.8) is 0 Å². The van der Waals surface area contributed by atoms with Gasteiger partial charge in [0.15, 0.2) is 0 Å². The van der Waals surface area contributed by atoms with Crippen molar-refractivity contribution in [2.45, 2.75) is 257 Å². The molecule has 0 aromatic rings. The Balaban J connectivity index is 4.70. The van der Waals surface area contributed by atoms with Crippen LogP contribution in [0.2, 0.25) is 0 Å². The van der Waals surface area contributed by atoms with Gasteiger partial charge in [-0.25, -0.2) is 0 Å². The van der Waals surface area contributed by atoms with Gasteiger partial charge in [-0.3, -0.25) is 9.59 Å². The van der Waals surface area contributed by atoms with Crippen LogP contribution in [0.1, 0.15) is 239 Å². The van der Waals surface area contributed by atoms with Crippen LogP contribution in [0.4, 0.5) is 0 Å². The van der Waals surface area contributed by atoms with E-state index in [0.717, 1.165) is 57.8 Å². The first-order valence-corrected chi connectivity index (χ1v) is 25.7. The summed E-state index contributed by atoms with van der Waals surface area (Å²) in [6, 6.07) is -0.726. The highest BCUT2D eigenvalue weighted by molar-refractivity contribution is 5.77. The maximum Gasteiger partial charge on any atom is 0.306 e. The van der Waals surface area contributed by atoms with Crippen LogP contribution in [0.15, 0.2) is 72.9 Å². The first-order valence-electron chi connectivity index (χ1n) is 25.7. The lowest BCUT2D eigenvalue weighted by atomic mass is 10.0. The maximum atomic E-state index is 13.2. The molecule has 0 aliphatic heterocycles. The first-order chi connectivity index (χ1) is 30.0. The smallest absolute Gasteiger partial charge is 0.306 e. The number of nitrogens with one attached hydrogen (secondary N) is 1. The number of hydrogen-bond donors (Lipinski definition) is 3. The van der Waals surface area contributed by atoms with E-state index in [1.165, 1.54) is 135 Å². The Hall–Kier alpha value is -2.70. The van der Waals surface area contributed by atoms with E-state index in [4.69, 9.17) is 4.74 Å². The second-order valence-electron chi connectivity index (χ2n) is 17.4. The standard InChI is InChI=1S/C55H97NO5/c1-4-7-10-13-16-19-22-24-26-28-30-33-36-39-42-45-48-55(60)61-51(46-43-40-37-34-32-29-27-25-23-20-17-14-11-8-5-2)49-54(59)56-52(50-57)53(58)47-44-41-38-35-31-21-18-15-12-9-6-3/h8,11,14,17,20,23,25,27,29,32,34,37,51-53,57-58H,4-7,9-10,12-13,15-16,18-19,21-22,24,26,28,30-31,33,35-36,38-50H2,1-3H3,(H,56,59)/b11-8-,17-14+,23-20+,27-25-,32-29+,37-34+. The van der Waals surface area contributed by atoms with E-state index in [-0.39, 0.29) is 24.9 Å². The molecular formula is C55H97NO5. The van der Waals surface area contributed by atoms with E-state index in [9.17, 15) is 19.8 Å². The summed E-state index contributed by atoms with van der Waals surface area (Å²) in [5.41, 5.74) is 0. The fourth-order valence-electron chi connectivity index (χ4n) is 7.59. The van der Waals surface area contributed by atoms with Crippen LogP contribution in [-0.4, -0.2) is 46.9 Å². The normalized spacial score (nSPS) is 13.9. The molecule has 6 heteroatoms. The van der Waals surface area contributed by atoms with Crippen LogP contribution in [-0.2, 0) is 14.3 Å². The summed E-state index contributed by atoms with van der Waals surface area (Å²) in [5.74, 6) is -0.546. The monoisotopic (exact) mass is 852 g/mol. The summed E-state index contributed by atoms with van der Waals surface area (Å²) in [6.45, 7) is 6.31. The molecule has 0 radical (unpaired) electrons. The topological polar surface area (TPSA) is 95.9 Å². The Morgan fingerprint density at radius 2 is 0.885 bits per heavy atom. The fourth-order valence-corrected chi connectivity index (χ4v) is 7.59. The zero-order valence-corrected chi connectivity index (χ0v) is 40.0. The first kappa shape index (κ1) is 58.3. The summed E-state index contributed by atoms with van der Waals surface area (Å²) in [5, 5.41) is 23.7. The van der Waals surface area contributed by atoms with Crippen LogP contribution >= 0.6 is 0 Å². The van der Waals surface area contributed by atoms with Crippen molar-refractivity contribution in [2.75, 3.05) is 6.61 Å². The van der Waals surface area contributed by atoms with Crippen molar-refractivity contribution >= 4 is 11.9 Å². The molecule has 0 aromatic carbocycles. The second kappa shape index (κ2) is 48.3. The fraction of sp³-hybridized carbons (Fsp3) is 0.745. The van der Waals surface area contributed by atoms with E-state index in [1.807, 2.05) is 60.8 Å². The molecule has 3 unspecified atom stereocenters. The molecule has 0 aliphatic carbocycles. The Morgan fingerprint density at radius 1 is 0.492 bits per heavy atom. The molecule has 0 saturated heterocycles. The van der Waals surface area contributed by atoms with Crippen molar-refractivity contribution in [3.8, 4) is 0 Å². The van der Waals surface area contributed by atoms with Crippen molar-refractivity contribution in [1.29, 1.82) is 0 Å². The molecule has 0 saturated carbocycles. The number of rotatable bonds is 45. The number of aliphatic hydroxyl groups is 2. The van der Waals surface area contributed by atoms with Crippen molar-refractivity contribution < 1.29 is 24.5 Å². The van der Waals surface area contributed by atoms with E-state index in [2.05, 4.69) is 38.2 Å². The Kier molecular flexibility index (Phi) is 46.2. The minimum Gasteiger partial charge on any atom is -0.462 e. The molecule has 0 aromatic heterocycles. The van der Waals surface area contributed by atoms with E-state index < -0.39 is 18.2 Å². The zero-order chi connectivity index (χ0) is 44.5. The van der Waals surface area contributed by atoms with Crippen LogP contribution in [0.25, 0.3) is 0 Å². The van der Waals surface area contributed by atoms with Crippen LogP contribution < -0.4 is 5.32 Å². The summed E-state index contributed by atoms with van der Waals surface area (Å²) in [6.07, 6.45) is 61.1. The second-order valence-corrected chi connectivity index (χ2v) is 17.4. The van der Waals surface area contributed by atoms with Gasteiger partial charge >= 0.3 is 5.97 Å². The number of aliphatic hydroxyl groups excluding tert-OH is 2. The summed E-state index contributed by atoms with van der Waals surface area (Å²) in [4.78, 5) is 26.1. The number of carbonyl (C=O) groups is 2. The SMILES string of the molecule is CC\C=C/C=C/C=C/C=C\C=C\C=C\CCCC(CC(=O)NC(CO)C(O)CCCCCCCCCCCCC)OC(=O)CCCCCCCCCCCCCCCCCC. The Bertz CT molecular complexity index is 1140. The molecule has 0 aliphatic rings. The lowest BCUT2D eigenvalue weighted by Crippen LogP contribution is -2.46. The zero-order valence-electron chi connectivity index (χ0n) is 40.0. The Labute approximate surface area is 377 Å². The molecule has 0 rings (SSSR count). The van der Waals surface area contributed by atoms with Gasteiger partial charge in [0.2, 0.25) is 5.91 Å². The molecule has 0 bridgehead atoms. The number of ether oxygens (including phenoxy) is 1. The van der Waals surface area contributed by atoms with E-state index in [1.54, 1.807) is 0 Å². The Morgan fingerprint density at radius 3 is 1.31 bits per heavy atom. The molecule has 61 heavy (non-hydrogen) atoms. The highest BCUT2D eigenvalue weighted by atomic mass is 16.5. The summed E-state index contributed by atoms with van der Waals surface area (Å²) in [7, 11) is 0. The van der Waals surface area contributed by atoms with Gasteiger partial charge in [-0.1, -0.05) is 261 Å². The molecule has 0 spiro atoms. The average Bonchev–Trinajstić information content (AvgIpc) is 3.25. The quantitative estimate of drug-likeness (QED) is 0.0322. The summed E-state index contributed by atoms with van der Waals surface area (Å²) >= 11 is 0. The maximum absolute atomic E-state index is 13.2. The largest absolute Gasteiger partial charge is 0.462 e. The third-order valence-electron chi connectivity index (χ3n) is 11.5. The van der Waals surface area contributed by atoms with Gasteiger partial charge < -0.3 is 20.3 Å². The van der Waals surface area contributed by atoms with Gasteiger partial charge in [-0.15, -0.1) is 0 Å². The van der Waals surface area contributed by atoms with Crippen molar-refractivity contribution in [2.24, 2.45) is 0 Å². The predicted molar refractivity (Wildman–Crippen MR) is 264 cm³/mol. The lowest BCUT2D eigenvalue weighted by molar-refractivity contribution is -0.151. The van der Waals surface area contributed by atoms with E-state index in [0.29, 0.717) is 19.3 Å². The number of carbonyl (C=O) groups excluding carboxylic acids is 2. The van der Waals surface area contributed by atoms with E-state index >= 15 is 0 Å². The molecule has 6 nitrogen and oxygen atoms in total. The molecule has 3 atom stereocenters. The molecular weight excluding hydrogens is 755 g/mol. The molecule has 352 valence electrons. The summed E-state index contributed by atoms with van der Waals surface area (Å²) < 4.78 is 5.90. The van der Waals surface area contributed by atoms with Gasteiger partial charge in [0.25, 0.3) is 0 Å². The number of hydrogen-bond acceptors (Lipinski definition) is 5. The van der Waals surface area contributed by atoms with Gasteiger partial charge in [-0.2, -0.15) is 0 Å². The number of esters is 1. The number of unbranched alkanes of at least 4 members (excludes halogenated alkanes) is 26. The number of allylic oxidation sites excluding steroid dienone is 12. The molecule has 0 heterocycles. The highest BCUT2D eigenvalue weighted by Crippen LogP contribution is 2.17. The molecule has 1 amide bonds. The van der Waals surface area contributed by atoms with Crippen LogP contribution in [0.3, 0.4) is 0 Å². The van der Waals surface area contributed by atoms with Crippen LogP contribution in [0, 0.1) is 0 Å². The molecule has 3 N–H and O–H groups in total. The average molecular weight is 852 g/mol. The highest BCUT2D eigenvalue weighted by Gasteiger charge is 2.24. The minimum atomic E-state index is -0.808. The third-order valence-corrected chi connectivity index (χ3v) is 11.5. The third kappa shape index (κ3) is 43.7. The minimum absolute atomic E-state index is 0.0262. The lowest BCUT2D eigenvalue weighted by Gasteiger charge is -2.24. The van der Waals surface area contributed by atoms with Gasteiger partial charge in [0.05, 0.1) is 25.2 Å². The van der Waals surface area contributed by atoms with Gasteiger partial charge in [-0.05, 0) is 38.5 Å². The van der Waals surface area contributed by atoms with Crippen molar-refractivity contribution in [1.82, 2.24) is 5.32 Å². The van der Waals surface area contributed by atoms with Crippen LogP contribution in [0.5, 0.6) is 0 Å². The number of amides is 1. The van der Waals surface area contributed by atoms with Crippen molar-refractivity contribution in [3.05, 3.63) is 72.9 Å². The molecule has 0 fully saturated rings.